The third-order valence-electron chi connectivity index (χ3n) is 10.3. The fourth-order valence-electron chi connectivity index (χ4n) is 6.92. The van der Waals surface area contributed by atoms with Crippen molar-refractivity contribution in [2.75, 3.05) is 13.2 Å². The van der Waals surface area contributed by atoms with Crippen molar-refractivity contribution < 1.29 is 19.1 Å². The molecule has 0 unspecified atom stereocenters. The lowest BCUT2D eigenvalue weighted by molar-refractivity contribution is -0.156. The molecule has 0 amide bonds. The van der Waals surface area contributed by atoms with Crippen molar-refractivity contribution in [1.82, 2.24) is 0 Å². The van der Waals surface area contributed by atoms with Gasteiger partial charge in [-0.3, -0.25) is 9.59 Å². The Morgan fingerprint density at radius 2 is 0.750 bits per heavy atom. The SMILES string of the molecule is CCCCCCCC/C=C\CCCCCCCC(=O)OCC1(COC(=O)CCCCCCC/C=C\CCCCCCCC)CCCCC1. The van der Waals surface area contributed by atoms with Crippen LogP contribution in [0.15, 0.2) is 24.3 Å². The van der Waals surface area contributed by atoms with Gasteiger partial charge >= 0.3 is 11.9 Å². The number of ether oxygens (including phenoxy) is 2. The third-order valence-corrected chi connectivity index (χ3v) is 10.3. The third kappa shape index (κ3) is 28.3. The molecule has 0 bridgehead atoms. The Labute approximate surface area is 299 Å². The van der Waals surface area contributed by atoms with Crippen molar-refractivity contribution in [2.24, 2.45) is 5.41 Å². The van der Waals surface area contributed by atoms with Crippen molar-refractivity contribution in [3.05, 3.63) is 24.3 Å². The van der Waals surface area contributed by atoms with Crippen LogP contribution < -0.4 is 0 Å². The van der Waals surface area contributed by atoms with E-state index in [1.807, 2.05) is 0 Å². The average Bonchev–Trinajstić information content (AvgIpc) is 3.10. The van der Waals surface area contributed by atoms with Crippen LogP contribution in [0.2, 0.25) is 0 Å². The molecule has 1 aliphatic rings. The summed E-state index contributed by atoms with van der Waals surface area (Å²) in [6, 6.07) is 0. The van der Waals surface area contributed by atoms with Crippen LogP contribution in [-0.4, -0.2) is 25.2 Å². The first-order chi connectivity index (χ1) is 23.6. The first-order valence-electron chi connectivity index (χ1n) is 21.2. The molecular formula is C44H80O4. The van der Waals surface area contributed by atoms with Gasteiger partial charge < -0.3 is 9.47 Å². The van der Waals surface area contributed by atoms with Gasteiger partial charge in [0.15, 0.2) is 0 Å². The zero-order chi connectivity index (χ0) is 34.6. The molecule has 0 atom stereocenters. The van der Waals surface area contributed by atoms with Gasteiger partial charge in [-0.1, -0.05) is 160 Å². The smallest absolute Gasteiger partial charge is 0.305 e. The molecule has 1 aliphatic carbocycles. The maximum Gasteiger partial charge on any atom is 0.305 e. The number of esters is 2. The topological polar surface area (TPSA) is 52.6 Å². The van der Waals surface area contributed by atoms with E-state index >= 15 is 0 Å². The quantitative estimate of drug-likeness (QED) is 0.0388. The second kappa shape index (κ2) is 33.9. The Morgan fingerprint density at radius 3 is 1.10 bits per heavy atom. The second-order valence-electron chi connectivity index (χ2n) is 15.1. The van der Waals surface area contributed by atoms with Crippen LogP contribution in [-0.2, 0) is 19.1 Å². The summed E-state index contributed by atoms with van der Waals surface area (Å²) in [7, 11) is 0. The van der Waals surface area contributed by atoms with Crippen LogP contribution in [0.1, 0.15) is 226 Å². The maximum absolute atomic E-state index is 12.5. The zero-order valence-electron chi connectivity index (χ0n) is 32.2. The van der Waals surface area contributed by atoms with Gasteiger partial charge in [0.2, 0.25) is 0 Å². The second-order valence-corrected chi connectivity index (χ2v) is 15.1. The van der Waals surface area contributed by atoms with E-state index in [1.54, 1.807) is 0 Å². The molecule has 48 heavy (non-hydrogen) atoms. The molecule has 1 fully saturated rings. The molecule has 0 aromatic heterocycles. The Balaban J connectivity index is 2.04. The summed E-state index contributed by atoms with van der Waals surface area (Å²) in [6.45, 7) is 5.34. The molecule has 4 nitrogen and oxygen atoms in total. The van der Waals surface area contributed by atoms with Crippen LogP contribution in [0.25, 0.3) is 0 Å². The van der Waals surface area contributed by atoms with Gasteiger partial charge in [-0.2, -0.15) is 0 Å². The van der Waals surface area contributed by atoms with Crippen molar-refractivity contribution in [2.45, 2.75) is 226 Å². The van der Waals surface area contributed by atoms with Crippen LogP contribution in [0, 0.1) is 5.41 Å². The Morgan fingerprint density at radius 1 is 0.438 bits per heavy atom. The highest BCUT2D eigenvalue weighted by Gasteiger charge is 2.35. The predicted octanol–water partition coefficient (Wildman–Crippen LogP) is 14.1. The number of carbonyl (C=O) groups is 2. The minimum absolute atomic E-state index is 0.0859. The van der Waals surface area contributed by atoms with Gasteiger partial charge in [-0.05, 0) is 77.0 Å². The molecule has 0 spiro atoms. The molecule has 1 saturated carbocycles. The molecule has 0 radical (unpaired) electrons. The minimum Gasteiger partial charge on any atom is -0.465 e. The Kier molecular flexibility index (Phi) is 31.4. The highest BCUT2D eigenvalue weighted by molar-refractivity contribution is 5.69. The van der Waals surface area contributed by atoms with E-state index < -0.39 is 0 Å². The highest BCUT2D eigenvalue weighted by Crippen LogP contribution is 2.37. The van der Waals surface area contributed by atoms with Gasteiger partial charge in [0.05, 0.1) is 0 Å². The van der Waals surface area contributed by atoms with Gasteiger partial charge in [0, 0.05) is 18.3 Å². The number of hydrogen-bond donors (Lipinski definition) is 0. The minimum atomic E-state index is -0.186. The van der Waals surface area contributed by atoms with Gasteiger partial charge in [0.25, 0.3) is 0 Å². The molecular weight excluding hydrogens is 592 g/mol. The highest BCUT2D eigenvalue weighted by atomic mass is 16.5. The van der Waals surface area contributed by atoms with Crippen molar-refractivity contribution in [1.29, 1.82) is 0 Å². The molecule has 0 aliphatic heterocycles. The van der Waals surface area contributed by atoms with E-state index in [4.69, 9.17) is 9.47 Å². The van der Waals surface area contributed by atoms with Crippen LogP contribution in [0.3, 0.4) is 0 Å². The van der Waals surface area contributed by atoms with Gasteiger partial charge in [-0.25, -0.2) is 0 Å². The summed E-state index contributed by atoms with van der Waals surface area (Å²) in [6.07, 6.45) is 48.5. The molecule has 0 heterocycles. The molecule has 1 rings (SSSR count). The summed E-state index contributed by atoms with van der Waals surface area (Å²) in [5, 5.41) is 0. The van der Waals surface area contributed by atoms with E-state index in [0.29, 0.717) is 26.1 Å². The fourth-order valence-corrected chi connectivity index (χ4v) is 6.92. The lowest BCUT2D eigenvalue weighted by Gasteiger charge is -2.36. The lowest BCUT2D eigenvalue weighted by atomic mass is 9.75. The molecule has 0 N–H and O–H groups in total. The van der Waals surface area contributed by atoms with E-state index in [1.165, 1.54) is 148 Å². The molecule has 0 saturated heterocycles. The normalized spacial score (nSPS) is 14.6. The van der Waals surface area contributed by atoms with Gasteiger partial charge in [0.1, 0.15) is 13.2 Å². The number of unbranched alkanes of at least 4 members (excludes halogenated alkanes) is 22. The summed E-state index contributed by atoms with van der Waals surface area (Å²) in [4.78, 5) is 25.1. The van der Waals surface area contributed by atoms with Gasteiger partial charge in [-0.15, -0.1) is 0 Å². The Hall–Kier alpha value is -1.58. The average molecular weight is 673 g/mol. The molecule has 280 valence electrons. The number of carbonyl (C=O) groups excluding carboxylic acids is 2. The summed E-state index contributed by atoms with van der Waals surface area (Å²) >= 11 is 0. The van der Waals surface area contributed by atoms with Crippen LogP contribution in [0.5, 0.6) is 0 Å². The number of allylic oxidation sites excluding steroid dienone is 4. The summed E-state index contributed by atoms with van der Waals surface area (Å²) < 4.78 is 11.6. The number of rotatable bonds is 34. The van der Waals surface area contributed by atoms with E-state index in [0.717, 1.165) is 51.4 Å². The van der Waals surface area contributed by atoms with Crippen molar-refractivity contribution in [3.63, 3.8) is 0 Å². The standard InChI is InChI=1S/C44H80O4/c1-3-5-7-9-11-13-15-17-19-21-23-25-27-29-32-36-42(45)47-40-44(38-34-31-35-39-44)41-48-43(46)37-33-30-28-26-24-22-20-18-16-14-12-10-8-6-4-2/h17-20H,3-16,21-41H2,1-2H3/b19-17-,20-18-. The van der Waals surface area contributed by atoms with Crippen molar-refractivity contribution in [3.8, 4) is 0 Å². The fraction of sp³-hybridized carbons (Fsp3) is 0.864. The largest absolute Gasteiger partial charge is 0.465 e. The predicted molar refractivity (Wildman–Crippen MR) is 206 cm³/mol. The first kappa shape index (κ1) is 44.4. The summed E-state index contributed by atoms with van der Waals surface area (Å²) in [5.41, 5.74) is -0.186. The molecule has 4 heteroatoms. The zero-order valence-corrected chi connectivity index (χ0v) is 32.2. The number of hydrogen-bond acceptors (Lipinski definition) is 4. The summed E-state index contributed by atoms with van der Waals surface area (Å²) in [5.74, 6) is -0.172. The molecule has 0 aromatic carbocycles. The van der Waals surface area contributed by atoms with Crippen LogP contribution in [0.4, 0.5) is 0 Å². The molecule has 0 aromatic rings. The van der Waals surface area contributed by atoms with Crippen LogP contribution >= 0.6 is 0 Å². The maximum atomic E-state index is 12.5. The lowest BCUT2D eigenvalue weighted by Crippen LogP contribution is -2.36. The monoisotopic (exact) mass is 673 g/mol. The van der Waals surface area contributed by atoms with Crippen molar-refractivity contribution >= 4 is 11.9 Å². The first-order valence-corrected chi connectivity index (χ1v) is 21.2. The Bertz CT molecular complexity index is 721. The van der Waals surface area contributed by atoms with E-state index in [-0.39, 0.29) is 17.4 Å². The van der Waals surface area contributed by atoms with E-state index in [2.05, 4.69) is 38.2 Å². The van der Waals surface area contributed by atoms with E-state index in [9.17, 15) is 9.59 Å².